The van der Waals surface area contributed by atoms with Crippen LogP contribution in [0.5, 0.6) is 0 Å². The summed E-state index contributed by atoms with van der Waals surface area (Å²) in [6, 6.07) is 7.43. The number of nitrogens with one attached hydrogen (secondary N) is 1. The van der Waals surface area contributed by atoms with Gasteiger partial charge in [-0.05, 0) is 37.3 Å². The van der Waals surface area contributed by atoms with Gasteiger partial charge >= 0.3 is 5.97 Å². The van der Waals surface area contributed by atoms with Crippen LogP contribution in [0.25, 0.3) is 0 Å². The van der Waals surface area contributed by atoms with Crippen molar-refractivity contribution in [1.29, 1.82) is 0 Å². The van der Waals surface area contributed by atoms with Gasteiger partial charge in [0.1, 0.15) is 0 Å². The van der Waals surface area contributed by atoms with Crippen LogP contribution in [0.3, 0.4) is 0 Å². The van der Waals surface area contributed by atoms with Crippen LogP contribution in [0.4, 0.5) is 5.69 Å². The van der Waals surface area contributed by atoms with Gasteiger partial charge in [0.2, 0.25) is 0 Å². The lowest BCUT2D eigenvalue weighted by Crippen LogP contribution is -2.14. The molecule has 0 radical (unpaired) electrons. The molecule has 0 atom stereocenters. The predicted octanol–water partition coefficient (Wildman–Crippen LogP) is 2.99. The fraction of sp³-hybridized carbons (Fsp3) is 0.0714. The van der Waals surface area contributed by atoms with Crippen molar-refractivity contribution in [3.63, 3.8) is 0 Å². The van der Waals surface area contributed by atoms with Crippen molar-refractivity contribution in [1.82, 2.24) is 4.98 Å². The molecular weight excluding hydrogens is 280 g/mol. The summed E-state index contributed by atoms with van der Waals surface area (Å²) < 4.78 is 0. The van der Waals surface area contributed by atoms with Crippen molar-refractivity contribution >= 4 is 29.2 Å². The molecule has 1 aromatic carbocycles. The smallest absolute Gasteiger partial charge is 0.335 e. The normalized spacial score (nSPS) is 10.1. The number of pyridine rings is 1. The van der Waals surface area contributed by atoms with E-state index in [0.717, 1.165) is 0 Å². The van der Waals surface area contributed by atoms with Crippen LogP contribution in [-0.2, 0) is 0 Å². The molecule has 2 rings (SSSR count). The highest BCUT2D eigenvalue weighted by atomic mass is 35.5. The summed E-state index contributed by atoms with van der Waals surface area (Å²) >= 11 is 5.95. The molecule has 2 aromatic rings. The summed E-state index contributed by atoms with van der Waals surface area (Å²) in [5.41, 5.74) is 1.45. The highest BCUT2D eigenvalue weighted by molar-refractivity contribution is 6.34. The minimum atomic E-state index is -1.08. The van der Waals surface area contributed by atoms with E-state index in [2.05, 4.69) is 10.3 Å². The lowest BCUT2D eigenvalue weighted by Gasteiger charge is -2.09. The monoisotopic (exact) mass is 290 g/mol. The summed E-state index contributed by atoms with van der Waals surface area (Å²) in [7, 11) is 0. The average molecular weight is 291 g/mol. The molecule has 0 saturated heterocycles. The number of aromatic carboxylic acids is 1. The third kappa shape index (κ3) is 2.95. The molecule has 6 heteroatoms. The minimum Gasteiger partial charge on any atom is -0.478 e. The molecule has 0 spiro atoms. The Morgan fingerprint density at radius 3 is 2.65 bits per heavy atom. The van der Waals surface area contributed by atoms with Gasteiger partial charge in [-0.15, -0.1) is 0 Å². The van der Waals surface area contributed by atoms with Crippen molar-refractivity contribution in [2.45, 2.75) is 6.92 Å². The van der Waals surface area contributed by atoms with E-state index in [1.165, 1.54) is 18.2 Å². The molecule has 1 aromatic heterocycles. The molecule has 0 aliphatic carbocycles. The Labute approximate surface area is 120 Å². The van der Waals surface area contributed by atoms with E-state index in [4.69, 9.17) is 16.7 Å². The largest absolute Gasteiger partial charge is 0.478 e. The summed E-state index contributed by atoms with van der Waals surface area (Å²) in [5, 5.41) is 11.6. The van der Waals surface area contributed by atoms with Gasteiger partial charge in [0.25, 0.3) is 5.91 Å². The van der Waals surface area contributed by atoms with E-state index >= 15 is 0 Å². The third-order valence-electron chi connectivity index (χ3n) is 2.72. The number of benzene rings is 1. The molecule has 0 fully saturated rings. The van der Waals surface area contributed by atoms with E-state index in [0.29, 0.717) is 16.9 Å². The highest BCUT2D eigenvalue weighted by Crippen LogP contribution is 2.24. The predicted molar refractivity (Wildman–Crippen MR) is 75.3 cm³/mol. The SMILES string of the molecule is Cc1ncccc1C(=O)Nc1ccc(C(=O)O)cc1Cl. The topological polar surface area (TPSA) is 79.3 Å². The van der Waals surface area contributed by atoms with Crippen LogP contribution >= 0.6 is 11.6 Å². The van der Waals surface area contributed by atoms with E-state index in [9.17, 15) is 9.59 Å². The number of carboxylic acids is 1. The highest BCUT2D eigenvalue weighted by Gasteiger charge is 2.12. The standard InChI is InChI=1S/C14H11ClN2O3/c1-8-10(3-2-6-16-8)13(18)17-12-5-4-9(14(19)20)7-11(12)15/h2-7H,1H3,(H,17,18)(H,19,20). The second kappa shape index (κ2) is 5.71. The molecule has 20 heavy (non-hydrogen) atoms. The second-order valence-electron chi connectivity index (χ2n) is 4.09. The number of hydrogen-bond acceptors (Lipinski definition) is 3. The fourth-order valence-corrected chi connectivity index (χ4v) is 1.89. The Kier molecular flexibility index (Phi) is 4.00. The molecule has 2 N–H and O–H groups in total. The molecular formula is C14H11ClN2O3. The number of aromatic nitrogens is 1. The fourth-order valence-electron chi connectivity index (χ4n) is 1.66. The van der Waals surface area contributed by atoms with Crippen molar-refractivity contribution in [3.05, 3.63) is 58.4 Å². The first-order valence-electron chi connectivity index (χ1n) is 5.75. The van der Waals surface area contributed by atoms with Crippen molar-refractivity contribution < 1.29 is 14.7 Å². The quantitative estimate of drug-likeness (QED) is 0.911. The van der Waals surface area contributed by atoms with Crippen LogP contribution in [0.15, 0.2) is 36.5 Å². The molecule has 102 valence electrons. The number of hydrogen-bond donors (Lipinski definition) is 2. The summed E-state index contributed by atoms with van der Waals surface area (Å²) in [6.45, 7) is 1.73. The average Bonchev–Trinajstić information content (AvgIpc) is 2.41. The number of nitrogens with zero attached hydrogens (tertiary/aromatic N) is 1. The zero-order valence-corrected chi connectivity index (χ0v) is 11.3. The van der Waals surface area contributed by atoms with Crippen molar-refractivity contribution in [2.24, 2.45) is 0 Å². The van der Waals surface area contributed by atoms with Gasteiger partial charge < -0.3 is 10.4 Å². The lowest BCUT2D eigenvalue weighted by molar-refractivity contribution is 0.0696. The maximum Gasteiger partial charge on any atom is 0.335 e. The third-order valence-corrected chi connectivity index (χ3v) is 3.03. The Bertz CT molecular complexity index is 686. The Balaban J connectivity index is 2.25. The Hall–Kier alpha value is -2.40. The van der Waals surface area contributed by atoms with Crippen LogP contribution in [0.1, 0.15) is 26.4 Å². The van der Waals surface area contributed by atoms with E-state index < -0.39 is 5.97 Å². The van der Waals surface area contributed by atoms with Gasteiger partial charge in [0.05, 0.1) is 21.8 Å². The molecule has 0 aliphatic heterocycles. The molecule has 0 saturated carbocycles. The van der Waals surface area contributed by atoms with Crippen LogP contribution in [-0.4, -0.2) is 22.0 Å². The van der Waals surface area contributed by atoms with Crippen LogP contribution in [0.2, 0.25) is 5.02 Å². The number of halogens is 1. The first-order valence-corrected chi connectivity index (χ1v) is 6.12. The van der Waals surface area contributed by atoms with Gasteiger partial charge in [0, 0.05) is 11.9 Å². The molecule has 0 unspecified atom stereocenters. The number of aryl methyl sites for hydroxylation is 1. The number of carbonyl (C=O) groups is 2. The minimum absolute atomic E-state index is 0.0607. The van der Waals surface area contributed by atoms with E-state index in [-0.39, 0.29) is 16.5 Å². The Morgan fingerprint density at radius 2 is 2.05 bits per heavy atom. The zero-order chi connectivity index (χ0) is 14.7. The van der Waals surface area contributed by atoms with Gasteiger partial charge in [-0.25, -0.2) is 4.79 Å². The second-order valence-corrected chi connectivity index (χ2v) is 4.50. The first kappa shape index (κ1) is 14.0. The van der Waals surface area contributed by atoms with Gasteiger partial charge in [-0.2, -0.15) is 0 Å². The van der Waals surface area contributed by atoms with Crippen LogP contribution in [0, 0.1) is 6.92 Å². The summed E-state index contributed by atoms with van der Waals surface area (Å²) in [4.78, 5) is 26.9. The molecule has 1 amide bonds. The molecule has 0 bridgehead atoms. The molecule has 1 heterocycles. The maximum absolute atomic E-state index is 12.1. The van der Waals surface area contributed by atoms with Gasteiger partial charge in [-0.1, -0.05) is 11.6 Å². The van der Waals surface area contributed by atoms with E-state index in [1.807, 2.05) is 0 Å². The summed E-state index contributed by atoms with van der Waals surface area (Å²) in [6.07, 6.45) is 1.60. The van der Waals surface area contributed by atoms with E-state index in [1.54, 1.807) is 25.3 Å². The molecule has 5 nitrogen and oxygen atoms in total. The zero-order valence-electron chi connectivity index (χ0n) is 10.6. The van der Waals surface area contributed by atoms with Crippen LogP contribution < -0.4 is 5.32 Å². The van der Waals surface area contributed by atoms with Gasteiger partial charge in [0.15, 0.2) is 0 Å². The number of carbonyl (C=O) groups excluding carboxylic acids is 1. The maximum atomic E-state index is 12.1. The van der Waals surface area contributed by atoms with Gasteiger partial charge in [-0.3, -0.25) is 9.78 Å². The number of amides is 1. The Morgan fingerprint density at radius 1 is 1.30 bits per heavy atom. The van der Waals surface area contributed by atoms with Crippen molar-refractivity contribution in [2.75, 3.05) is 5.32 Å². The van der Waals surface area contributed by atoms with Crippen molar-refractivity contribution in [3.8, 4) is 0 Å². The summed E-state index contributed by atoms with van der Waals surface area (Å²) in [5.74, 6) is -1.42. The number of carboxylic acid groups (broad SMARTS) is 1. The molecule has 0 aliphatic rings. The number of rotatable bonds is 3. The lowest BCUT2D eigenvalue weighted by atomic mass is 10.1. The first-order chi connectivity index (χ1) is 9.49. The number of anilines is 1.